The first-order valence-corrected chi connectivity index (χ1v) is 11.7. The van der Waals surface area contributed by atoms with E-state index in [2.05, 4.69) is 48.3 Å². The van der Waals surface area contributed by atoms with Crippen molar-refractivity contribution in [2.45, 2.75) is 32.2 Å². The number of ether oxygens (including phenoxy) is 1. The van der Waals surface area contributed by atoms with Gasteiger partial charge in [0, 0.05) is 36.1 Å². The van der Waals surface area contributed by atoms with E-state index >= 15 is 0 Å². The van der Waals surface area contributed by atoms with Crippen molar-refractivity contribution in [1.29, 1.82) is 0 Å². The first-order valence-electron chi connectivity index (χ1n) is 11.7. The average molecular weight is 448 g/mol. The molecule has 1 atom stereocenters. The molecule has 0 radical (unpaired) electrons. The summed E-state index contributed by atoms with van der Waals surface area (Å²) in [6, 6.07) is 19.9. The van der Waals surface area contributed by atoms with Crippen molar-refractivity contribution in [1.82, 2.24) is 4.90 Å². The highest BCUT2D eigenvalue weighted by atomic mass is 16.5. The Morgan fingerprint density at radius 1 is 1.09 bits per heavy atom. The summed E-state index contributed by atoms with van der Waals surface area (Å²) in [5.41, 5.74) is 2.83. The largest absolute Gasteiger partial charge is 0.494 e. The maximum atomic E-state index is 12.7. The number of unbranched alkanes of at least 4 members (excludes halogenated alkanes) is 1. The van der Waals surface area contributed by atoms with E-state index in [9.17, 15) is 4.79 Å². The number of hydrogen-bond donors (Lipinski definition) is 1. The lowest BCUT2D eigenvalue weighted by atomic mass is 10.2. The number of hydrogen-bond acceptors (Lipinski definition) is 5. The minimum Gasteiger partial charge on any atom is -0.494 e. The van der Waals surface area contributed by atoms with Crippen LogP contribution >= 0.6 is 0 Å². The van der Waals surface area contributed by atoms with Crippen LogP contribution in [0, 0.1) is 0 Å². The molecule has 0 saturated carbocycles. The van der Waals surface area contributed by atoms with Crippen LogP contribution in [0.4, 0.5) is 11.4 Å². The van der Waals surface area contributed by atoms with Crippen LogP contribution in [0.1, 0.15) is 36.7 Å². The molecule has 33 heavy (non-hydrogen) atoms. The minimum absolute atomic E-state index is 0.262. The van der Waals surface area contributed by atoms with Gasteiger partial charge in [-0.2, -0.15) is 0 Å². The zero-order chi connectivity index (χ0) is 23.2. The number of nitrogens with one attached hydrogen (secondary N) is 1. The van der Waals surface area contributed by atoms with Gasteiger partial charge >= 0.3 is 0 Å². The van der Waals surface area contributed by atoms with Gasteiger partial charge in [-0.15, -0.1) is 0 Å². The second-order valence-corrected chi connectivity index (χ2v) is 8.74. The maximum Gasteiger partial charge on any atom is 0.291 e. The van der Waals surface area contributed by atoms with Crippen LogP contribution in [0.2, 0.25) is 0 Å². The number of carbonyl (C=O) groups is 1. The molecule has 6 nitrogen and oxygen atoms in total. The SMILES string of the molecule is CCCCOc1ccc(-c2ccc(C(=O)Nc3ccc(N4CCC(N(C)C)C4)cc3)o2)cc1. The van der Waals surface area contributed by atoms with Crippen molar-refractivity contribution in [3.8, 4) is 17.1 Å². The molecule has 2 heterocycles. The first-order chi connectivity index (χ1) is 16.0. The molecule has 1 N–H and O–H groups in total. The second-order valence-electron chi connectivity index (χ2n) is 8.74. The van der Waals surface area contributed by atoms with Gasteiger partial charge in [-0.3, -0.25) is 4.79 Å². The highest BCUT2D eigenvalue weighted by Gasteiger charge is 2.24. The Bertz CT molecular complexity index is 1040. The van der Waals surface area contributed by atoms with Gasteiger partial charge in [-0.05, 0) is 87.6 Å². The molecule has 4 rings (SSSR count). The van der Waals surface area contributed by atoms with Gasteiger partial charge in [0.1, 0.15) is 11.5 Å². The molecular weight excluding hydrogens is 414 g/mol. The Morgan fingerprint density at radius 2 is 1.85 bits per heavy atom. The Balaban J connectivity index is 1.34. The standard InChI is InChI=1S/C27H33N3O3/c1-4-5-18-32-24-12-6-20(7-13-24)25-14-15-26(33-25)27(31)28-21-8-10-22(11-9-21)30-17-16-23(19-30)29(2)3/h6-15,23H,4-5,16-19H2,1-3H3,(H,28,31). The van der Waals surface area contributed by atoms with Crippen LogP contribution in [0.25, 0.3) is 11.3 Å². The highest BCUT2D eigenvalue weighted by molar-refractivity contribution is 6.02. The topological polar surface area (TPSA) is 58.0 Å². The van der Waals surface area contributed by atoms with Crippen LogP contribution in [0.5, 0.6) is 5.75 Å². The fourth-order valence-electron chi connectivity index (χ4n) is 4.01. The smallest absolute Gasteiger partial charge is 0.291 e. The van der Waals surface area contributed by atoms with Gasteiger partial charge in [-0.1, -0.05) is 13.3 Å². The van der Waals surface area contributed by atoms with Crippen molar-refractivity contribution in [2.75, 3.05) is 44.0 Å². The van der Waals surface area contributed by atoms with E-state index in [-0.39, 0.29) is 11.7 Å². The number of benzene rings is 2. The number of likely N-dealkylation sites (N-methyl/N-ethyl adjacent to an activating group) is 1. The quantitative estimate of drug-likeness (QED) is 0.438. The van der Waals surface area contributed by atoms with Gasteiger partial charge in [-0.25, -0.2) is 0 Å². The summed E-state index contributed by atoms with van der Waals surface area (Å²) in [5.74, 6) is 1.51. The Hall–Kier alpha value is -3.25. The number of anilines is 2. The number of furan rings is 1. The lowest BCUT2D eigenvalue weighted by Gasteiger charge is -2.22. The zero-order valence-electron chi connectivity index (χ0n) is 19.7. The molecule has 0 bridgehead atoms. The fraction of sp³-hybridized carbons (Fsp3) is 0.370. The Kier molecular flexibility index (Phi) is 7.35. The van der Waals surface area contributed by atoms with E-state index in [4.69, 9.17) is 9.15 Å². The fourth-order valence-corrected chi connectivity index (χ4v) is 4.01. The summed E-state index contributed by atoms with van der Waals surface area (Å²) >= 11 is 0. The van der Waals surface area contributed by atoms with E-state index < -0.39 is 0 Å². The molecule has 1 aliphatic rings. The number of nitrogens with zero attached hydrogens (tertiary/aromatic N) is 2. The van der Waals surface area contributed by atoms with Crippen LogP contribution in [0.15, 0.2) is 65.1 Å². The van der Waals surface area contributed by atoms with Crippen molar-refractivity contribution < 1.29 is 13.9 Å². The van der Waals surface area contributed by atoms with Crippen LogP contribution in [-0.4, -0.2) is 50.6 Å². The highest BCUT2D eigenvalue weighted by Crippen LogP contribution is 2.26. The molecule has 1 amide bonds. The zero-order valence-corrected chi connectivity index (χ0v) is 19.7. The van der Waals surface area contributed by atoms with Crippen LogP contribution in [-0.2, 0) is 0 Å². The molecular formula is C27H33N3O3. The van der Waals surface area contributed by atoms with Gasteiger partial charge in [0.2, 0.25) is 0 Å². The lowest BCUT2D eigenvalue weighted by Crippen LogP contribution is -2.31. The number of amides is 1. The first kappa shape index (κ1) is 22.9. The predicted molar refractivity (Wildman–Crippen MR) is 133 cm³/mol. The number of carbonyl (C=O) groups excluding carboxylic acids is 1. The summed E-state index contributed by atoms with van der Waals surface area (Å²) in [4.78, 5) is 17.3. The normalized spacial score (nSPS) is 15.8. The van der Waals surface area contributed by atoms with Crippen LogP contribution in [0.3, 0.4) is 0 Å². The molecule has 1 fully saturated rings. The summed E-state index contributed by atoms with van der Waals surface area (Å²) in [5, 5.41) is 2.93. The van der Waals surface area contributed by atoms with Crippen molar-refractivity contribution in [3.63, 3.8) is 0 Å². The third-order valence-electron chi connectivity index (χ3n) is 6.12. The van der Waals surface area contributed by atoms with E-state index in [0.717, 1.165) is 49.5 Å². The molecule has 1 aliphatic heterocycles. The van der Waals surface area contributed by atoms with Gasteiger partial charge in [0.05, 0.1) is 6.61 Å². The third kappa shape index (κ3) is 5.76. The van der Waals surface area contributed by atoms with E-state index in [1.807, 2.05) is 42.5 Å². The Labute approximate surface area is 196 Å². The monoisotopic (exact) mass is 447 g/mol. The molecule has 3 aromatic rings. The molecule has 2 aromatic carbocycles. The van der Waals surface area contributed by atoms with Crippen LogP contribution < -0.4 is 15.0 Å². The third-order valence-corrected chi connectivity index (χ3v) is 6.12. The predicted octanol–water partition coefficient (Wildman–Crippen LogP) is 5.52. The summed E-state index contributed by atoms with van der Waals surface area (Å²) in [7, 11) is 4.26. The summed E-state index contributed by atoms with van der Waals surface area (Å²) in [6.07, 6.45) is 3.31. The van der Waals surface area contributed by atoms with E-state index in [0.29, 0.717) is 11.8 Å². The van der Waals surface area contributed by atoms with E-state index in [1.165, 1.54) is 12.1 Å². The van der Waals surface area contributed by atoms with E-state index in [1.54, 1.807) is 6.07 Å². The lowest BCUT2D eigenvalue weighted by molar-refractivity contribution is 0.0997. The van der Waals surface area contributed by atoms with Gasteiger partial charge in [0.15, 0.2) is 5.76 Å². The molecule has 0 aliphatic carbocycles. The average Bonchev–Trinajstić information content (AvgIpc) is 3.51. The molecule has 1 saturated heterocycles. The van der Waals surface area contributed by atoms with Crippen molar-refractivity contribution in [2.24, 2.45) is 0 Å². The minimum atomic E-state index is -0.262. The second kappa shape index (κ2) is 10.6. The van der Waals surface area contributed by atoms with Crippen molar-refractivity contribution >= 4 is 17.3 Å². The number of rotatable bonds is 9. The maximum absolute atomic E-state index is 12.7. The molecule has 0 spiro atoms. The molecule has 1 aromatic heterocycles. The summed E-state index contributed by atoms with van der Waals surface area (Å²) in [6.45, 7) is 4.94. The molecule has 1 unspecified atom stereocenters. The Morgan fingerprint density at radius 3 is 2.52 bits per heavy atom. The van der Waals surface area contributed by atoms with Gasteiger partial charge < -0.3 is 24.3 Å². The van der Waals surface area contributed by atoms with Gasteiger partial charge in [0.25, 0.3) is 5.91 Å². The molecule has 174 valence electrons. The van der Waals surface area contributed by atoms with Crippen molar-refractivity contribution in [3.05, 3.63) is 66.4 Å². The summed E-state index contributed by atoms with van der Waals surface area (Å²) < 4.78 is 11.5. The molecule has 6 heteroatoms.